The lowest BCUT2D eigenvalue weighted by atomic mass is 10.2. The zero-order valence-electron chi connectivity index (χ0n) is 10.6. The second kappa shape index (κ2) is 5.41. The molecule has 2 aromatic heterocycles. The van der Waals surface area contributed by atoms with Crippen molar-refractivity contribution in [1.82, 2.24) is 14.5 Å². The molecule has 0 spiro atoms. The van der Waals surface area contributed by atoms with Crippen molar-refractivity contribution >= 4 is 21.9 Å². The molecule has 0 saturated heterocycles. The number of nitrogens with one attached hydrogen (secondary N) is 1. The normalized spacial score (nSPS) is 12.5. The van der Waals surface area contributed by atoms with Crippen LogP contribution in [-0.4, -0.2) is 42.9 Å². The molecule has 0 radical (unpaired) electrons. The third-order valence-electron chi connectivity index (χ3n) is 3.10. The third kappa shape index (κ3) is 2.18. The van der Waals surface area contributed by atoms with E-state index in [0.717, 1.165) is 10.9 Å². The Labute approximate surface area is 113 Å². The summed E-state index contributed by atoms with van der Waals surface area (Å²) in [6, 6.07) is 7.42. The summed E-state index contributed by atoms with van der Waals surface area (Å²) in [4.78, 5) is 18.8. The Bertz CT molecular complexity index is 793. The van der Waals surface area contributed by atoms with Crippen LogP contribution in [0.5, 0.6) is 0 Å². The van der Waals surface area contributed by atoms with Gasteiger partial charge in [0, 0.05) is 5.39 Å². The molecule has 0 aliphatic carbocycles. The van der Waals surface area contributed by atoms with Crippen molar-refractivity contribution in [3.63, 3.8) is 0 Å². The topological polar surface area (TPSA) is 123 Å². The standard InChI is InChI=1S/C13H13N3O3.H2O/c17-6-8(18)5-16-7-14-11-12(16)9-3-1-2-4-10(9)15-13(11)19;/h1-4,7-8,17-18H,5-6H2,(H,15,19);1H2. The Kier molecular flexibility index (Phi) is 3.84. The molecule has 20 heavy (non-hydrogen) atoms. The number of benzene rings is 1. The van der Waals surface area contributed by atoms with Gasteiger partial charge in [0.25, 0.3) is 5.56 Å². The highest BCUT2D eigenvalue weighted by Crippen LogP contribution is 2.20. The van der Waals surface area contributed by atoms with E-state index < -0.39 is 6.10 Å². The summed E-state index contributed by atoms with van der Waals surface area (Å²) in [7, 11) is 0. The van der Waals surface area contributed by atoms with Gasteiger partial charge in [-0.15, -0.1) is 0 Å². The minimum atomic E-state index is -0.879. The van der Waals surface area contributed by atoms with Crippen molar-refractivity contribution in [2.45, 2.75) is 12.6 Å². The zero-order chi connectivity index (χ0) is 13.4. The van der Waals surface area contributed by atoms with E-state index in [2.05, 4.69) is 9.97 Å². The second-order valence-corrected chi connectivity index (χ2v) is 4.43. The van der Waals surface area contributed by atoms with E-state index in [9.17, 15) is 9.90 Å². The van der Waals surface area contributed by atoms with Crippen molar-refractivity contribution in [3.8, 4) is 0 Å². The minimum Gasteiger partial charge on any atom is -0.412 e. The first-order valence-corrected chi connectivity index (χ1v) is 5.95. The molecule has 2 heterocycles. The lowest BCUT2D eigenvalue weighted by molar-refractivity contribution is 0.0821. The smallest absolute Gasteiger partial charge is 0.276 e. The Hall–Kier alpha value is -2.22. The van der Waals surface area contributed by atoms with Crippen LogP contribution in [-0.2, 0) is 6.54 Å². The quantitative estimate of drug-likeness (QED) is 0.592. The molecule has 0 bridgehead atoms. The number of para-hydroxylation sites is 1. The van der Waals surface area contributed by atoms with Crippen molar-refractivity contribution < 1.29 is 15.7 Å². The Morgan fingerprint density at radius 3 is 2.85 bits per heavy atom. The molecule has 106 valence electrons. The average Bonchev–Trinajstić information content (AvgIpc) is 2.83. The summed E-state index contributed by atoms with van der Waals surface area (Å²) in [6.45, 7) is -0.138. The van der Waals surface area contributed by atoms with Gasteiger partial charge in [-0.25, -0.2) is 4.98 Å². The summed E-state index contributed by atoms with van der Waals surface area (Å²) in [5.41, 5.74) is 1.47. The molecule has 5 N–H and O–H groups in total. The van der Waals surface area contributed by atoms with E-state index in [0.29, 0.717) is 11.0 Å². The first kappa shape index (κ1) is 14.2. The number of aliphatic hydroxyl groups excluding tert-OH is 2. The number of aliphatic hydroxyl groups is 2. The largest absolute Gasteiger partial charge is 0.412 e. The molecule has 1 unspecified atom stereocenters. The highest BCUT2D eigenvalue weighted by atomic mass is 16.3. The van der Waals surface area contributed by atoms with Gasteiger partial charge >= 0.3 is 0 Å². The SMILES string of the molecule is O.O=c1[nH]c2ccccc2c2c1ncn2CC(O)CO. The van der Waals surface area contributed by atoms with Crippen LogP contribution < -0.4 is 5.56 Å². The predicted molar refractivity (Wildman–Crippen MR) is 74.6 cm³/mol. The van der Waals surface area contributed by atoms with E-state index >= 15 is 0 Å². The van der Waals surface area contributed by atoms with Gasteiger partial charge in [-0.2, -0.15) is 0 Å². The molecule has 0 aliphatic rings. The van der Waals surface area contributed by atoms with E-state index in [1.165, 1.54) is 6.33 Å². The summed E-state index contributed by atoms with van der Waals surface area (Å²) in [5.74, 6) is 0. The maximum atomic E-state index is 11.9. The summed E-state index contributed by atoms with van der Waals surface area (Å²) in [5, 5.41) is 19.3. The third-order valence-corrected chi connectivity index (χ3v) is 3.10. The number of rotatable bonds is 3. The monoisotopic (exact) mass is 277 g/mol. The number of nitrogens with zero attached hydrogens (tertiary/aromatic N) is 2. The number of hydrogen-bond donors (Lipinski definition) is 3. The first-order valence-electron chi connectivity index (χ1n) is 5.95. The van der Waals surface area contributed by atoms with Crippen LogP contribution in [0.25, 0.3) is 21.9 Å². The number of imidazole rings is 1. The molecule has 0 saturated carbocycles. The van der Waals surface area contributed by atoms with Crippen LogP contribution in [0.1, 0.15) is 0 Å². The Morgan fingerprint density at radius 1 is 1.35 bits per heavy atom. The predicted octanol–water partition coefficient (Wildman–Crippen LogP) is -0.594. The van der Waals surface area contributed by atoms with Crippen molar-refractivity contribution in [1.29, 1.82) is 0 Å². The fourth-order valence-corrected chi connectivity index (χ4v) is 2.23. The summed E-state index contributed by atoms with van der Waals surface area (Å²) >= 11 is 0. The number of pyridine rings is 1. The second-order valence-electron chi connectivity index (χ2n) is 4.43. The van der Waals surface area contributed by atoms with E-state index in [4.69, 9.17) is 5.11 Å². The molecular weight excluding hydrogens is 262 g/mol. The summed E-state index contributed by atoms with van der Waals surface area (Å²) in [6.07, 6.45) is 0.626. The number of aromatic amines is 1. The van der Waals surface area contributed by atoms with Crippen molar-refractivity contribution in [3.05, 3.63) is 40.9 Å². The van der Waals surface area contributed by atoms with Gasteiger partial charge in [0.05, 0.1) is 36.6 Å². The van der Waals surface area contributed by atoms with Crippen molar-refractivity contribution in [2.24, 2.45) is 0 Å². The molecule has 3 rings (SSSR count). The van der Waals surface area contributed by atoms with Crippen LogP contribution in [0.4, 0.5) is 0 Å². The van der Waals surface area contributed by atoms with Crippen LogP contribution >= 0.6 is 0 Å². The van der Waals surface area contributed by atoms with Crippen molar-refractivity contribution in [2.75, 3.05) is 6.61 Å². The van der Waals surface area contributed by atoms with Gasteiger partial charge in [0.1, 0.15) is 0 Å². The Morgan fingerprint density at radius 2 is 2.10 bits per heavy atom. The van der Waals surface area contributed by atoms with Gasteiger partial charge in [0.15, 0.2) is 5.52 Å². The molecule has 0 aliphatic heterocycles. The van der Waals surface area contributed by atoms with Crippen LogP contribution in [0, 0.1) is 0 Å². The number of H-pyrrole nitrogens is 1. The molecule has 3 aromatic rings. The number of aromatic nitrogens is 3. The zero-order valence-corrected chi connectivity index (χ0v) is 10.6. The van der Waals surface area contributed by atoms with E-state index in [-0.39, 0.29) is 24.2 Å². The molecular formula is C13H15N3O4. The highest BCUT2D eigenvalue weighted by Gasteiger charge is 2.13. The molecule has 0 fully saturated rings. The van der Waals surface area contributed by atoms with Crippen LogP contribution in [0.3, 0.4) is 0 Å². The number of hydrogen-bond acceptors (Lipinski definition) is 4. The lowest BCUT2D eigenvalue weighted by Gasteiger charge is -2.10. The van der Waals surface area contributed by atoms with Gasteiger partial charge < -0.3 is 25.2 Å². The molecule has 1 aromatic carbocycles. The fraction of sp³-hybridized carbons (Fsp3) is 0.231. The van der Waals surface area contributed by atoms with Gasteiger partial charge in [-0.05, 0) is 6.07 Å². The molecule has 7 heteroatoms. The fourth-order valence-electron chi connectivity index (χ4n) is 2.23. The molecule has 7 nitrogen and oxygen atoms in total. The summed E-state index contributed by atoms with van der Waals surface area (Å²) < 4.78 is 1.69. The van der Waals surface area contributed by atoms with Crippen LogP contribution in [0.2, 0.25) is 0 Å². The highest BCUT2D eigenvalue weighted by molar-refractivity contribution is 6.01. The molecule has 1 atom stereocenters. The van der Waals surface area contributed by atoms with E-state index in [1.54, 1.807) is 4.57 Å². The number of fused-ring (bicyclic) bond motifs is 3. The van der Waals surface area contributed by atoms with Gasteiger partial charge in [-0.3, -0.25) is 4.79 Å². The van der Waals surface area contributed by atoms with E-state index in [1.807, 2.05) is 24.3 Å². The maximum absolute atomic E-state index is 11.9. The van der Waals surface area contributed by atoms with Gasteiger partial charge in [0.2, 0.25) is 0 Å². The van der Waals surface area contributed by atoms with Gasteiger partial charge in [-0.1, -0.05) is 18.2 Å². The first-order chi connectivity index (χ1) is 9.20. The Balaban J connectivity index is 0.00000147. The maximum Gasteiger partial charge on any atom is 0.276 e. The minimum absolute atomic E-state index is 0. The van der Waals surface area contributed by atoms with Crippen LogP contribution in [0.15, 0.2) is 35.4 Å². The molecule has 0 amide bonds. The lowest BCUT2D eigenvalue weighted by Crippen LogP contribution is -2.19. The average molecular weight is 277 g/mol.